The summed E-state index contributed by atoms with van der Waals surface area (Å²) in [5, 5.41) is 6.38. The highest BCUT2D eigenvalue weighted by molar-refractivity contribution is 5.88. The third-order valence-corrected chi connectivity index (χ3v) is 5.78. The maximum Gasteiger partial charge on any atom is 0.243 e. The summed E-state index contributed by atoms with van der Waals surface area (Å²) in [6, 6.07) is 2.96. The molecule has 0 bridgehead atoms. The van der Waals surface area contributed by atoms with E-state index in [-0.39, 0.29) is 30.2 Å². The van der Waals surface area contributed by atoms with Crippen molar-refractivity contribution in [3.8, 4) is 0 Å². The van der Waals surface area contributed by atoms with E-state index in [4.69, 9.17) is 4.74 Å². The molecule has 4 N–H and O–H groups in total. The van der Waals surface area contributed by atoms with Crippen molar-refractivity contribution in [1.82, 2.24) is 16.2 Å². The zero-order valence-corrected chi connectivity index (χ0v) is 15.3. The fourth-order valence-corrected chi connectivity index (χ4v) is 4.38. The number of halogens is 1. The first-order chi connectivity index (χ1) is 12.5. The lowest BCUT2D eigenvalue weighted by Crippen LogP contribution is -2.48. The van der Waals surface area contributed by atoms with Crippen LogP contribution in [0.25, 0.3) is 0 Å². The van der Waals surface area contributed by atoms with Gasteiger partial charge in [-0.2, -0.15) is 0 Å². The van der Waals surface area contributed by atoms with E-state index < -0.39 is 6.04 Å². The number of amides is 1. The second-order valence-corrected chi connectivity index (χ2v) is 7.74. The number of hydrogen-bond donors (Lipinski definition) is 4. The Kier molecular flexibility index (Phi) is 4.86. The smallest absolute Gasteiger partial charge is 0.243 e. The summed E-state index contributed by atoms with van der Waals surface area (Å²) in [5.41, 5.74) is 8.64. The van der Waals surface area contributed by atoms with E-state index in [1.54, 1.807) is 6.07 Å². The van der Waals surface area contributed by atoms with E-state index in [0.717, 1.165) is 36.9 Å². The van der Waals surface area contributed by atoms with Gasteiger partial charge in [-0.05, 0) is 44.7 Å². The number of carbonyl (C=O) groups is 1. The molecule has 2 aliphatic heterocycles. The van der Waals surface area contributed by atoms with E-state index in [0.29, 0.717) is 17.9 Å². The van der Waals surface area contributed by atoms with Crippen LogP contribution in [0.3, 0.4) is 0 Å². The van der Waals surface area contributed by atoms with Crippen molar-refractivity contribution < 1.29 is 13.9 Å². The van der Waals surface area contributed by atoms with Crippen molar-refractivity contribution in [2.24, 2.45) is 5.92 Å². The Labute approximate surface area is 153 Å². The van der Waals surface area contributed by atoms with Crippen LogP contribution < -0.4 is 21.5 Å². The molecule has 1 aromatic carbocycles. The molecule has 0 spiro atoms. The number of fused-ring (bicyclic) bond motifs is 1. The average molecular weight is 362 g/mol. The Balaban J connectivity index is 1.35. The van der Waals surface area contributed by atoms with Crippen LogP contribution in [0.1, 0.15) is 43.7 Å². The number of hydrazine groups is 1. The number of anilines is 1. The highest BCUT2D eigenvalue weighted by atomic mass is 19.1. The largest absolute Gasteiger partial charge is 0.373 e. The summed E-state index contributed by atoms with van der Waals surface area (Å²) >= 11 is 0. The number of ether oxygens (including phenoxy) is 1. The van der Waals surface area contributed by atoms with Crippen LogP contribution in [0, 0.1) is 18.7 Å². The molecule has 1 aromatic rings. The van der Waals surface area contributed by atoms with Crippen LogP contribution in [0.15, 0.2) is 12.1 Å². The lowest BCUT2D eigenvalue weighted by molar-refractivity contribution is -0.123. The molecule has 1 saturated carbocycles. The van der Waals surface area contributed by atoms with E-state index in [1.165, 1.54) is 6.07 Å². The number of hydrogen-bond acceptors (Lipinski definition) is 5. The third kappa shape index (κ3) is 3.43. The van der Waals surface area contributed by atoms with Gasteiger partial charge in [0.05, 0.1) is 0 Å². The molecule has 0 radical (unpaired) electrons. The van der Waals surface area contributed by atoms with Gasteiger partial charge < -0.3 is 15.4 Å². The van der Waals surface area contributed by atoms with Gasteiger partial charge in [0.25, 0.3) is 0 Å². The van der Waals surface area contributed by atoms with Crippen molar-refractivity contribution >= 4 is 11.6 Å². The SMILES string of the molecule is Cc1ccc(F)c2c1NC(C(=O)N[C@H]1CCC[C@@H](C3NNC(C)O3)C1)C2. The molecule has 2 heterocycles. The Bertz CT molecular complexity index is 667. The van der Waals surface area contributed by atoms with Gasteiger partial charge in [-0.25, -0.2) is 15.2 Å². The van der Waals surface area contributed by atoms with Crippen LogP contribution in [0.5, 0.6) is 0 Å². The first-order valence-electron chi connectivity index (χ1n) is 9.52. The van der Waals surface area contributed by atoms with Crippen LogP contribution in [0.4, 0.5) is 10.1 Å². The minimum Gasteiger partial charge on any atom is -0.373 e. The molecule has 2 fully saturated rings. The van der Waals surface area contributed by atoms with Crippen LogP contribution >= 0.6 is 0 Å². The van der Waals surface area contributed by atoms with Crippen molar-refractivity contribution in [3.63, 3.8) is 0 Å². The fraction of sp³-hybridized carbons (Fsp3) is 0.632. The quantitative estimate of drug-likeness (QED) is 0.661. The van der Waals surface area contributed by atoms with Gasteiger partial charge in [0.15, 0.2) is 0 Å². The highest BCUT2D eigenvalue weighted by Crippen LogP contribution is 2.32. The molecule has 5 atom stereocenters. The number of carbonyl (C=O) groups excluding carboxylic acids is 1. The topological polar surface area (TPSA) is 74.4 Å². The van der Waals surface area contributed by atoms with E-state index >= 15 is 0 Å². The number of nitrogens with one attached hydrogen (secondary N) is 4. The molecule has 6 nitrogen and oxygen atoms in total. The van der Waals surface area contributed by atoms with Crippen molar-refractivity contribution in [2.45, 2.75) is 70.5 Å². The summed E-state index contributed by atoms with van der Waals surface area (Å²) in [4.78, 5) is 12.7. The first kappa shape index (κ1) is 17.7. The highest BCUT2D eigenvalue weighted by Gasteiger charge is 2.35. The Morgan fingerprint density at radius 2 is 2.15 bits per heavy atom. The van der Waals surface area contributed by atoms with Gasteiger partial charge in [0.2, 0.25) is 5.91 Å². The molecule has 26 heavy (non-hydrogen) atoms. The van der Waals surface area contributed by atoms with Crippen LogP contribution in [-0.4, -0.2) is 30.4 Å². The van der Waals surface area contributed by atoms with Crippen molar-refractivity contribution in [3.05, 3.63) is 29.1 Å². The van der Waals surface area contributed by atoms with Gasteiger partial charge in [0, 0.05) is 29.6 Å². The number of aryl methyl sites for hydroxylation is 1. The molecule has 7 heteroatoms. The lowest BCUT2D eigenvalue weighted by Gasteiger charge is -2.33. The second kappa shape index (κ2) is 7.13. The van der Waals surface area contributed by atoms with Crippen molar-refractivity contribution in [1.29, 1.82) is 0 Å². The number of benzene rings is 1. The molecular weight excluding hydrogens is 335 g/mol. The predicted octanol–water partition coefficient (Wildman–Crippen LogP) is 1.94. The van der Waals surface area contributed by atoms with Gasteiger partial charge in [-0.3, -0.25) is 4.79 Å². The molecule has 4 rings (SSSR count). The lowest BCUT2D eigenvalue weighted by atomic mass is 9.84. The minimum atomic E-state index is -0.400. The normalized spacial score (nSPS) is 33.6. The standard InChI is InChI=1S/C19H27FN4O2/c1-10-6-7-15(20)14-9-16(22-17(10)14)18(25)21-13-5-3-4-12(8-13)19-24-23-11(2)26-19/h6-7,11-13,16,19,22-24H,3-5,8-9H2,1-2H3,(H,21,25)/t11?,12-,13+,16?,19?/m1/s1. The summed E-state index contributed by atoms with van der Waals surface area (Å²) in [7, 11) is 0. The molecular formula is C19H27FN4O2. The average Bonchev–Trinajstić information content (AvgIpc) is 3.26. The maximum atomic E-state index is 14.0. The summed E-state index contributed by atoms with van der Waals surface area (Å²) in [6.07, 6.45) is 4.44. The second-order valence-electron chi connectivity index (χ2n) is 7.74. The van der Waals surface area contributed by atoms with E-state index in [1.807, 2.05) is 13.8 Å². The van der Waals surface area contributed by atoms with Gasteiger partial charge >= 0.3 is 0 Å². The summed E-state index contributed by atoms with van der Waals surface area (Å²) in [5.74, 6) is 0.0922. The third-order valence-electron chi connectivity index (χ3n) is 5.78. The van der Waals surface area contributed by atoms with Gasteiger partial charge in [0.1, 0.15) is 24.3 Å². The molecule has 1 aliphatic carbocycles. The van der Waals surface area contributed by atoms with E-state index in [2.05, 4.69) is 21.5 Å². The van der Waals surface area contributed by atoms with E-state index in [9.17, 15) is 9.18 Å². The van der Waals surface area contributed by atoms with Crippen molar-refractivity contribution in [2.75, 3.05) is 5.32 Å². The summed E-state index contributed by atoms with van der Waals surface area (Å²) < 4.78 is 19.9. The molecule has 142 valence electrons. The molecule has 1 amide bonds. The Morgan fingerprint density at radius 3 is 2.88 bits per heavy atom. The Morgan fingerprint density at radius 1 is 1.31 bits per heavy atom. The summed E-state index contributed by atoms with van der Waals surface area (Å²) in [6.45, 7) is 3.90. The predicted molar refractivity (Wildman–Crippen MR) is 96.7 cm³/mol. The number of rotatable bonds is 3. The van der Waals surface area contributed by atoms with Crippen LogP contribution in [-0.2, 0) is 16.0 Å². The zero-order chi connectivity index (χ0) is 18.3. The monoisotopic (exact) mass is 362 g/mol. The molecule has 3 unspecified atom stereocenters. The maximum absolute atomic E-state index is 14.0. The molecule has 0 aromatic heterocycles. The van der Waals surface area contributed by atoms with Gasteiger partial charge in [-0.1, -0.05) is 12.5 Å². The van der Waals surface area contributed by atoms with Gasteiger partial charge in [-0.15, -0.1) is 0 Å². The molecule has 3 aliphatic rings. The fourth-order valence-electron chi connectivity index (χ4n) is 4.38. The first-order valence-corrected chi connectivity index (χ1v) is 9.52. The molecule has 1 saturated heterocycles. The Hall–Kier alpha value is -1.70. The zero-order valence-electron chi connectivity index (χ0n) is 15.3. The minimum absolute atomic E-state index is 0.00434. The van der Waals surface area contributed by atoms with Crippen LogP contribution in [0.2, 0.25) is 0 Å².